The number of nitrogens with two attached hydrogens (primary N) is 2. The molecule has 3 fully saturated rings. The Hall–Kier alpha value is -7.21. The van der Waals surface area contributed by atoms with E-state index >= 15 is 0 Å². The number of nitrogen functional groups attached to an aromatic ring is 1. The van der Waals surface area contributed by atoms with Gasteiger partial charge in [-0.2, -0.15) is 4.99 Å². The van der Waals surface area contributed by atoms with Crippen molar-refractivity contribution < 1.29 is 42.3 Å². The molecule has 0 spiro atoms. The molecule has 6 amide bonds. The summed E-state index contributed by atoms with van der Waals surface area (Å²) in [5.41, 5.74) is 17.3. The number of fused-ring (bicyclic) bond motifs is 1. The quantitative estimate of drug-likeness (QED) is 0.0350. The van der Waals surface area contributed by atoms with Gasteiger partial charge >= 0.3 is 0 Å². The van der Waals surface area contributed by atoms with Gasteiger partial charge in [0.1, 0.15) is 23.5 Å². The molecule has 4 aromatic rings. The topological polar surface area (TPSA) is 222 Å². The van der Waals surface area contributed by atoms with Gasteiger partial charge in [-0.15, -0.1) is 0 Å². The highest BCUT2D eigenvalue weighted by Crippen LogP contribution is 2.31. The van der Waals surface area contributed by atoms with Gasteiger partial charge < -0.3 is 36.6 Å². The average molecular weight is 918 g/mol. The highest BCUT2D eigenvalue weighted by molar-refractivity contribution is 6.23. The van der Waals surface area contributed by atoms with Gasteiger partial charge in [0, 0.05) is 99.2 Å². The van der Waals surface area contributed by atoms with Crippen LogP contribution < -0.4 is 32.3 Å². The minimum Gasteiger partial charge on any atom is -0.398 e. The van der Waals surface area contributed by atoms with E-state index in [9.17, 15) is 37.5 Å². The first-order chi connectivity index (χ1) is 32.3. The van der Waals surface area contributed by atoms with Crippen LogP contribution in [0.5, 0.6) is 0 Å². The number of ether oxygens (including phenoxy) is 1. The van der Waals surface area contributed by atoms with Crippen LogP contribution in [0, 0.1) is 11.6 Å². The van der Waals surface area contributed by atoms with Gasteiger partial charge in [0.2, 0.25) is 17.7 Å². The molecular formula is C49H53F2N9O7. The van der Waals surface area contributed by atoms with Crippen LogP contribution >= 0.6 is 0 Å². The fourth-order valence-corrected chi connectivity index (χ4v) is 8.97. The van der Waals surface area contributed by atoms with E-state index in [1.807, 2.05) is 17.0 Å². The number of amidine groups is 1. The maximum absolute atomic E-state index is 13.9. The summed E-state index contributed by atoms with van der Waals surface area (Å²) < 4.78 is 33.3. The first kappa shape index (κ1) is 46.3. The number of nitrogens with one attached hydrogen (secondary N) is 3. The molecule has 67 heavy (non-hydrogen) atoms. The molecule has 8 rings (SSSR count). The summed E-state index contributed by atoms with van der Waals surface area (Å²) in [6.07, 6.45) is 4.56. The summed E-state index contributed by atoms with van der Waals surface area (Å²) in [5, 5.41) is 9.03. The minimum atomic E-state index is -1.02. The number of piperazine rings is 1. The molecule has 7 N–H and O–H groups in total. The Morgan fingerprint density at radius 2 is 1.54 bits per heavy atom. The molecule has 18 heteroatoms. The van der Waals surface area contributed by atoms with Crippen LogP contribution in [0.2, 0.25) is 0 Å². The number of carbonyl (C=O) groups excluding carboxylic acids is 6. The monoisotopic (exact) mass is 917 g/mol. The van der Waals surface area contributed by atoms with E-state index in [2.05, 4.69) is 25.8 Å². The van der Waals surface area contributed by atoms with Crippen molar-refractivity contribution in [3.63, 3.8) is 0 Å². The predicted molar refractivity (Wildman–Crippen MR) is 248 cm³/mol. The van der Waals surface area contributed by atoms with Crippen molar-refractivity contribution in [2.75, 3.05) is 67.2 Å². The number of carbonyl (C=O) groups is 6. The number of amides is 6. The summed E-state index contributed by atoms with van der Waals surface area (Å²) >= 11 is 0. The molecule has 16 nitrogen and oxygen atoms in total. The highest BCUT2D eigenvalue weighted by atomic mass is 19.1. The van der Waals surface area contributed by atoms with Crippen LogP contribution in [0.4, 0.5) is 31.5 Å². The molecule has 1 atom stereocenters. The lowest BCUT2D eigenvalue weighted by atomic mass is 10.0. The Balaban J connectivity index is 0.825. The number of halogens is 2. The lowest BCUT2D eigenvalue weighted by Gasteiger charge is -2.36. The van der Waals surface area contributed by atoms with Crippen molar-refractivity contribution in [1.82, 2.24) is 15.1 Å². The second-order valence-corrected chi connectivity index (χ2v) is 17.3. The van der Waals surface area contributed by atoms with E-state index in [1.165, 1.54) is 12.1 Å². The van der Waals surface area contributed by atoms with Gasteiger partial charge in [-0.3, -0.25) is 39.0 Å². The van der Waals surface area contributed by atoms with Gasteiger partial charge in [0.25, 0.3) is 17.7 Å². The fourth-order valence-electron chi connectivity index (χ4n) is 8.97. The number of imide groups is 2. The standard InChI is InChI=1S/C49H53F2N9O7/c50-31-23-30(24-32(51)26-31)22-29-5-10-40(52)39(25-29)45(53)57-46(63)37-9-7-35(28-41(37)55-33-13-20-67-21-14-33)58-16-18-59(19-17-58)44(62)4-2-1-3-15-54-34-6-8-36-38(27-34)49(66)60(48(36)65)42-11-12-43(61)56-47(42)64/h5-10,23-28,33,42,54-55H,1-4,11-22,52H2,(H2,53,57,63)(H,56,61,64). The van der Waals surface area contributed by atoms with E-state index in [0.29, 0.717) is 98.1 Å². The van der Waals surface area contributed by atoms with Gasteiger partial charge in [-0.1, -0.05) is 12.5 Å². The number of hydrogen-bond acceptors (Lipinski definition) is 11. The van der Waals surface area contributed by atoms with Gasteiger partial charge in [-0.25, -0.2) is 8.78 Å². The Morgan fingerprint density at radius 3 is 2.28 bits per heavy atom. The molecule has 4 aliphatic rings. The number of rotatable bonds is 15. The number of benzene rings is 4. The van der Waals surface area contributed by atoms with Crippen molar-refractivity contribution in [2.24, 2.45) is 10.7 Å². The van der Waals surface area contributed by atoms with Crippen molar-refractivity contribution in [3.05, 3.63) is 118 Å². The van der Waals surface area contributed by atoms with Crippen LogP contribution in [0.3, 0.4) is 0 Å². The van der Waals surface area contributed by atoms with Crippen LogP contribution in [0.25, 0.3) is 0 Å². The first-order valence-electron chi connectivity index (χ1n) is 22.6. The lowest BCUT2D eigenvalue weighted by Crippen LogP contribution is -2.54. The summed E-state index contributed by atoms with van der Waals surface area (Å²) in [6, 6.07) is 17.8. The molecule has 0 aliphatic carbocycles. The smallest absolute Gasteiger partial charge is 0.281 e. The molecule has 350 valence electrons. The van der Waals surface area contributed by atoms with Gasteiger partial charge in [-0.05, 0) is 110 Å². The molecule has 0 radical (unpaired) electrons. The summed E-state index contributed by atoms with van der Waals surface area (Å²) in [4.78, 5) is 86.5. The zero-order valence-corrected chi connectivity index (χ0v) is 37.0. The molecule has 1 unspecified atom stereocenters. The zero-order chi connectivity index (χ0) is 47.2. The Kier molecular flexibility index (Phi) is 14.2. The van der Waals surface area contributed by atoms with E-state index in [1.54, 1.807) is 42.5 Å². The number of hydrogen-bond donors (Lipinski definition) is 5. The van der Waals surface area contributed by atoms with Crippen molar-refractivity contribution in [3.8, 4) is 0 Å². The molecule has 0 bridgehead atoms. The van der Waals surface area contributed by atoms with Gasteiger partial charge in [0.05, 0.1) is 16.7 Å². The maximum Gasteiger partial charge on any atom is 0.281 e. The fraction of sp³-hybridized carbons (Fsp3) is 0.367. The second-order valence-electron chi connectivity index (χ2n) is 17.3. The van der Waals surface area contributed by atoms with E-state index in [4.69, 9.17) is 16.2 Å². The number of nitrogens with zero attached hydrogens (tertiary/aromatic N) is 4. The summed E-state index contributed by atoms with van der Waals surface area (Å²) in [7, 11) is 0. The lowest BCUT2D eigenvalue weighted by molar-refractivity contribution is -0.136. The van der Waals surface area contributed by atoms with Gasteiger partial charge in [0.15, 0.2) is 0 Å². The third-order valence-electron chi connectivity index (χ3n) is 12.6. The van der Waals surface area contributed by atoms with Crippen LogP contribution in [0.15, 0.2) is 77.8 Å². The Bertz CT molecular complexity index is 2610. The second kappa shape index (κ2) is 20.5. The van der Waals surface area contributed by atoms with E-state index in [0.717, 1.165) is 42.3 Å². The maximum atomic E-state index is 13.9. The molecular weight excluding hydrogens is 865 g/mol. The van der Waals surface area contributed by atoms with E-state index in [-0.39, 0.29) is 48.2 Å². The molecule has 4 heterocycles. The molecule has 4 aromatic carbocycles. The van der Waals surface area contributed by atoms with Crippen LogP contribution in [0.1, 0.15) is 99.1 Å². The molecule has 0 saturated carbocycles. The molecule has 0 aromatic heterocycles. The summed E-state index contributed by atoms with van der Waals surface area (Å²) in [6.45, 7) is 4.06. The normalized spacial score (nSPS) is 18.0. The number of unbranched alkanes of at least 4 members (excludes halogenated alkanes) is 2. The van der Waals surface area contributed by atoms with Crippen molar-refractivity contribution in [2.45, 2.75) is 69.9 Å². The molecule has 3 saturated heterocycles. The Labute approximate surface area is 386 Å². The third-order valence-corrected chi connectivity index (χ3v) is 12.6. The Morgan fingerprint density at radius 1 is 0.791 bits per heavy atom. The minimum absolute atomic E-state index is 0.0537. The zero-order valence-electron chi connectivity index (χ0n) is 37.0. The average Bonchev–Trinajstić information content (AvgIpc) is 3.55. The SMILES string of the molecule is NC(=NC(=O)c1ccc(N2CCN(C(=O)CCCCCNc3ccc4c(c3)C(=O)N(C3CCC(=O)NC3=O)C4=O)CC2)cc1NC1CCOCC1)c1cc(Cc2cc(F)cc(F)c2)ccc1N. The number of piperidine rings is 1. The van der Waals surface area contributed by atoms with E-state index < -0.39 is 47.2 Å². The largest absolute Gasteiger partial charge is 0.398 e. The van der Waals surface area contributed by atoms with Crippen LogP contribution in [-0.4, -0.2) is 109 Å². The third kappa shape index (κ3) is 10.9. The highest BCUT2D eigenvalue weighted by Gasteiger charge is 2.44. The van der Waals surface area contributed by atoms with Crippen molar-refractivity contribution >= 4 is 64.0 Å². The predicted octanol–water partition coefficient (Wildman–Crippen LogP) is 5.00. The van der Waals surface area contributed by atoms with Crippen LogP contribution in [-0.2, 0) is 25.5 Å². The number of aliphatic imine (C=N–C) groups is 1. The number of anilines is 4. The first-order valence-corrected chi connectivity index (χ1v) is 22.6. The van der Waals surface area contributed by atoms with Crippen molar-refractivity contribution in [1.29, 1.82) is 0 Å². The summed E-state index contributed by atoms with van der Waals surface area (Å²) in [5.74, 6) is -4.13. The molecule has 4 aliphatic heterocycles.